The molecule has 7 aromatic rings. The van der Waals surface area contributed by atoms with Gasteiger partial charge in [-0.25, -0.2) is 4.79 Å². The zero-order valence-electron chi connectivity index (χ0n) is 32.9. The van der Waals surface area contributed by atoms with Crippen molar-refractivity contribution in [1.82, 2.24) is 4.90 Å². The Labute approximate surface area is 360 Å². The molecule has 1 unspecified atom stereocenters. The first-order valence-corrected chi connectivity index (χ1v) is 20.9. The second-order valence-electron chi connectivity index (χ2n) is 15.1. The average molecular weight is 833 g/mol. The number of nitrogens with zero attached hydrogens (tertiary/aromatic N) is 1. The molecule has 0 bridgehead atoms. The van der Waals surface area contributed by atoms with E-state index in [1.165, 1.54) is 0 Å². The van der Waals surface area contributed by atoms with Crippen molar-refractivity contribution in [1.29, 1.82) is 0 Å². The van der Waals surface area contributed by atoms with E-state index in [-0.39, 0.29) is 5.92 Å². The van der Waals surface area contributed by atoms with Crippen molar-refractivity contribution in [3.63, 3.8) is 0 Å². The molecule has 0 N–H and O–H groups in total. The summed E-state index contributed by atoms with van der Waals surface area (Å²) in [6.07, 6.45) is -2.09. The maximum atomic E-state index is 14.3. The highest BCUT2D eigenvalue weighted by Gasteiger charge is 2.57. The first kappa shape index (κ1) is 39.6. The van der Waals surface area contributed by atoms with E-state index < -0.39 is 35.7 Å². The van der Waals surface area contributed by atoms with Crippen LogP contribution in [0.5, 0.6) is 5.75 Å². The summed E-state index contributed by atoms with van der Waals surface area (Å²) in [5, 5.41) is 0.823. The fourth-order valence-electron chi connectivity index (χ4n) is 9.16. The Morgan fingerprint density at radius 3 is 1.28 bits per heavy atom. The number of carbonyl (C=O) groups excluding carboxylic acids is 1. The Kier molecular flexibility index (Phi) is 11.2. The summed E-state index contributed by atoms with van der Waals surface area (Å²) in [6.45, 7) is 0.339. The number of benzene rings is 7. The summed E-state index contributed by atoms with van der Waals surface area (Å²) in [5.74, 6) is 0.397. The number of fused-ring (bicyclic) bond motifs is 1. The molecule has 2 heterocycles. The quantitative estimate of drug-likeness (QED) is 0.0856. The standard InChI is InChI=1S/C52H43Cl2NO5/c1-57-45-33-32-43(53)47(54)46(45)36-34-44-48(58-50(56)55(44)35-36)49(59-51(37-20-8-2-9-21-37,38-22-10-3-11-23-38)39-24-12-4-13-25-39)60-52(40-26-14-5-15-27-40,41-28-16-6-17-29-41)42-30-18-7-19-31-42/h2-33,36,44,48-49H,34-35H2,1H3/t36-,44-,48?/m0/s1. The van der Waals surface area contributed by atoms with Gasteiger partial charge in [-0.15, -0.1) is 0 Å². The van der Waals surface area contributed by atoms with Crippen molar-refractivity contribution >= 4 is 29.3 Å². The van der Waals surface area contributed by atoms with Crippen molar-refractivity contribution in [3.05, 3.63) is 243 Å². The number of hydrogen-bond donors (Lipinski definition) is 0. The molecule has 0 aromatic heterocycles. The lowest BCUT2D eigenvalue weighted by Gasteiger charge is -2.45. The van der Waals surface area contributed by atoms with Gasteiger partial charge in [0.2, 0.25) is 6.29 Å². The Bertz CT molecular complexity index is 2210. The number of rotatable bonds is 13. The Morgan fingerprint density at radius 2 is 0.933 bits per heavy atom. The monoisotopic (exact) mass is 831 g/mol. The number of ether oxygens (including phenoxy) is 4. The lowest BCUT2D eigenvalue weighted by atomic mass is 9.79. The van der Waals surface area contributed by atoms with Crippen LogP contribution in [0.2, 0.25) is 10.0 Å². The molecule has 6 nitrogen and oxygen atoms in total. The van der Waals surface area contributed by atoms with Crippen LogP contribution in [0.4, 0.5) is 4.79 Å². The van der Waals surface area contributed by atoms with Crippen LogP contribution in [0, 0.1) is 0 Å². The van der Waals surface area contributed by atoms with E-state index in [1.54, 1.807) is 18.1 Å². The van der Waals surface area contributed by atoms with Gasteiger partial charge in [-0.3, -0.25) is 0 Å². The number of methoxy groups -OCH3 is 1. The van der Waals surface area contributed by atoms with E-state index in [2.05, 4.69) is 72.8 Å². The third kappa shape index (κ3) is 7.03. The maximum Gasteiger partial charge on any atom is 0.410 e. The van der Waals surface area contributed by atoms with Crippen LogP contribution in [0.25, 0.3) is 0 Å². The van der Waals surface area contributed by atoms with Gasteiger partial charge >= 0.3 is 6.09 Å². The van der Waals surface area contributed by atoms with Gasteiger partial charge in [0.05, 0.1) is 23.2 Å². The molecular formula is C52H43Cl2NO5. The SMILES string of the molecule is COc1ccc(Cl)c(Cl)c1[C@H]1C[C@H]2C(C(OC(c3ccccc3)(c3ccccc3)c3ccccc3)OC(c3ccccc3)(c3ccccc3)c3ccccc3)OC(=O)N2C1. The maximum absolute atomic E-state index is 14.3. The zero-order valence-corrected chi connectivity index (χ0v) is 34.5. The van der Waals surface area contributed by atoms with Crippen molar-refractivity contribution in [2.45, 2.75) is 42.0 Å². The van der Waals surface area contributed by atoms with Crippen LogP contribution in [-0.4, -0.2) is 43.1 Å². The molecule has 0 spiro atoms. The third-order valence-corrected chi connectivity index (χ3v) is 12.7. The Balaban J connectivity index is 1.29. The van der Waals surface area contributed by atoms with E-state index in [4.69, 9.17) is 42.1 Å². The summed E-state index contributed by atoms with van der Waals surface area (Å²) in [7, 11) is 1.61. The average Bonchev–Trinajstić information content (AvgIpc) is 3.89. The number of carbonyl (C=O) groups is 1. The predicted octanol–water partition coefficient (Wildman–Crippen LogP) is 12.0. The molecule has 0 radical (unpaired) electrons. The first-order chi connectivity index (χ1) is 29.4. The molecule has 9 rings (SSSR count). The zero-order chi connectivity index (χ0) is 41.1. The van der Waals surface area contributed by atoms with E-state index >= 15 is 0 Å². The minimum atomic E-state index is -1.25. The highest BCUT2D eigenvalue weighted by molar-refractivity contribution is 6.42. The molecule has 1 amide bonds. The van der Waals surface area contributed by atoms with Gasteiger partial charge < -0.3 is 23.8 Å². The summed E-state index contributed by atoms with van der Waals surface area (Å²) >= 11 is 13.5. The fraction of sp³-hybridized carbons (Fsp3) is 0.173. The van der Waals surface area contributed by atoms with Crippen molar-refractivity contribution in [2.75, 3.05) is 13.7 Å². The van der Waals surface area contributed by atoms with Crippen LogP contribution >= 0.6 is 23.2 Å². The number of amides is 1. The van der Waals surface area contributed by atoms with Gasteiger partial charge in [0.15, 0.2) is 6.10 Å². The molecule has 8 heteroatoms. The van der Waals surface area contributed by atoms with Gasteiger partial charge in [0.1, 0.15) is 17.0 Å². The van der Waals surface area contributed by atoms with Crippen molar-refractivity contribution in [3.8, 4) is 5.75 Å². The summed E-state index contributed by atoms with van der Waals surface area (Å²) in [4.78, 5) is 16.1. The van der Waals surface area contributed by atoms with Crippen LogP contribution < -0.4 is 4.74 Å². The second kappa shape index (κ2) is 17.0. The van der Waals surface area contributed by atoms with E-state index in [9.17, 15) is 4.79 Å². The van der Waals surface area contributed by atoms with Gasteiger partial charge in [-0.1, -0.05) is 205 Å². The largest absolute Gasteiger partial charge is 0.496 e. The Hall–Kier alpha value is -5.89. The number of cyclic esters (lactones) is 1. The van der Waals surface area contributed by atoms with E-state index in [0.29, 0.717) is 28.8 Å². The fourth-order valence-corrected chi connectivity index (χ4v) is 9.63. The minimum absolute atomic E-state index is 0.212. The molecule has 2 fully saturated rings. The highest BCUT2D eigenvalue weighted by atomic mass is 35.5. The molecule has 60 heavy (non-hydrogen) atoms. The van der Waals surface area contributed by atoms with Crippen molar-refractivity contribution in [2.24, 2.45) is 0 Å². The second-order valence-corrected chi connectivity index (χ2v) is 15.9. The number of halogens is 2. The topological polar surface area (TPSA) is 57.2 Å². The first-order valence-electron chi connectivity index (χ1n) is 20.1. The van der Waals surface area contributed by atoms with Crippen LogP contribution in [-0.2, 0) is 25.4 Å². The minimum Gasteiger partial charge on any atom is -0.496 e. The van der Waals surface area contributed by atoms with E-state index in [0.717, 1.165) is 38.9 Å². The van der Waals surface area contributed by atoms with Gasteiger partial charge in [0.25, 0.3) is 0 Å². The molecule has 300 valence electrons. The van der Waals surface area contributed by atoms with Crippen molar-refractivity contribution < 1.29 is 23.7 Å². The number of hydrogen-bond acceptors (Lipinski definition) is 5. The molecule has 3 atom stereocenters. The molecule has 2 aliphatic heterocycles. The van der Waals surface area contributed by atoms with Gasteiger partial charge in [-0.2, -0.15) is 0 Å². The summed E-state index contributed by atoms with van der Waals surface area (Å²) < 4.78 is 28.1. The molecule has 2 saturated heterocycles. The summed E-state index contributed by atoms with van der Waals surface area (Å²) in [6, 6.07) is 64.0. The van der Waals surface area contributed by atoms with Gasteiger partial charge in [-0.05, 0) is 51.9 Å². The van der Waals surface area contributed by atoms with E-state index in [1.807, 2.05) is 115 Å². The Morgan fingerprint density at radius 1 is 0.567 bits per heavy atom. The molecule has 0 aliphatic carbocycles. The molecule has 0 saturated carbocycles. The van der Waals surface area contributed by atoms with Gasteiger partial charge in [0, 0.05) is 18.0 Å². The lowest BCUT2D eigenvalue weighted by Crippen LogP contribution is -2.50. The lowest BCUT2D eigenvalue weighted by molar-refractivity contribution is -0.260. The smallest absolute Gasteiger partial charge is 0.410 e. The third-order valence-electron chi connectivity index (χ3n) is 11.9. The van der Waals surface area contributed by atoms with Crippen LogP contribution in [0.15, 0.2) is 194 Å². The molecule has 2 aliphatic rings. The van der Waals surface area contributed by atoms with Crippen LogP contribution in [0.3, 0.4) is 0 Å². The molecule has 7 aromatic carbocycles. The van der Waals surface area contributed by atoms with Crippen LogP contribution in [0.1, 0.15) is 51.3 Å². The molecular weight excluding hydrogens is 789 g/mol. The highest BCUT2D eigenvalue weighted by Crippen LogP contribution is 2.51. The summed E-state index contributed by atoms with van der Waals surface area (Å²) in [5.41, 5.74) is 3.52. The normalized spacial score (nSPS) is 17.7. The predicted molar refractivity (Wildman–Crippen MR) is 236 cm³/mol.